The highest BCUT2D eigenvalue weighted by atomic mass is 16.7. The van der Waals surface area contributed by atoms with E-state index in [9.17, 15) is 9.59 Å². The second kappa shape index (κ2) is 9.26. The molecular weight excluding hydrogens is 372 g/mol. The topological polar surface area (TPSA) is 71.1 Å². The van der Waals surface area contributed by atoms with E-state index in [4.69, 9.17) is 18.9 Å². The first kappa shape index (κ1) is 20.4. The third kappa shape index (κ3) is 4.48. The Morgan fingerprint density at radius 2 is 2.14 bits per heavy atom. The Morgan fingerprint density at radius 3 is 2.90 bits per heavy atom. The van der Waals surface area contributed by atoms with Gasteiger partial charge >= 0.3 is 5.97 Å². The molecule has 3 aliphatic rings. The van der Waals surface area contributed by atoms with Crippen LogP contribution < -0.4 is 4.74 Å². The van der Waals surface area contributed by atoms with Crippen molar-refractivity contribution in [1.82, 2.24) is 0 Å². The monoisotopic (exact) mass is 402 g/mol. The van der Waals surface area contributed by atoms with Crippen LogP contribution in [0.3, 0.4) is 0 Å². The van der Waals surface area contributed by atoms with Crippen molar-refractivity contribution < 1.29 is 28.5 Å². The maximum absolute atomic E-state index is 12.1. The van der Waals surface area contributed by atoms with Crippen LogP contribution in [-0.2, 0) is 25.4 Å². The average Bonchev–Trinajstić information content (AvgIpc) is 3.03. The molecule has 2 heterocycles. The van der Waals surface area contributed by atoms with Gasteiger partial charge in [-0.1, -0.05) is 6.07 Å². The molecule has 158 valence electrons. The number of carbonyl (C=O) groups is 2. The van der Waals surface area contributed by atoms with Crippen molar-refractivity contribution >= 4 is 12.3 Å². The standard InChI is InChI=1S/C23H30O6/c1-2-26-23(25)16-10-9-15-6-5-7-17-18(14-24)21(13-20(17)28-19(15)12-16)29-22-8-3-4-11-27-22/h9-10,12,14,17-18,20-22H,2-8,11,13H2,1H3/t17-,18-,20+,21-,22?/m1/s1. The lowest BCUT2D eigenvalue weighted by molar-refractivity contribution is -0.194. The van der Waals surface area contributed by atoms with Crippen molar-refractivity contribution in [2.24, 2.45) is 11.8 Å². The summed E-state index contributed by atoms with van der Waals surface area (Å²) in [6.07, 6.45) is 7.02. The third-order valence-corrected chi connectivity index (χ3v) is 6.33. The minimum Gasteiger partial charge on any atom is -0.490 e. The quantitative estimate of drug-likeness (QED) is 0.553. The summed E-state index contributed by atoms with van der Waals surface area (Å²) >= 11 is 0. The van der Waals surface area contributed by atoms with E-state index in [0.717, 1.165) is 62.7 Å². The van der Waals surface area contributed by atoms with E-state index < -0.39 is 0 Å². The van der Waals surface area contributed by atoms with Gasteiger partial charge < -0.3 is 23.7 Å². The Morgan fingerprint density at radius 1 is 1.24 bits per heavy atom. The number of hydrogen-bond acceptors (Lipinski definition) is 6. The van der Waals surface area contributed by atoms with Gasteiger partial charge in [-0.3, -0.25) is 0 Å². The van der Waals surface area contributed by atoms with Crippen LogP contribution in [0.2, 0.25) is 0 Å². The van der Waals surface area contributed by atoms with Crippen LogP contribution in [0.25, 0.3) is 0 Å². The van der Waals surface area contributed by atoms with Crippen LogP contribution in [0.4, 0.5) is 0 Å². The summed E-state index contributed by atoms with van der Waals surface area (Å²) in [5, 5.41) is 0. The van der Waals surface area contributed by atoms with Gasteiger partial charge in [0.1, 0.15) is 18.1 Å². The summed E-state index contributed by atoms with van der Waals surface area (Å²) in [7, 11) is 0. The molecule has 0 spiro atoms. The van der Waals surface area contributed by atoms with Gasteiger partial charge in [0.2, 0.25) is 0 Å². The summed E-state index contributed by atoms with van der Waals surface area (Å²) in [6.45, 7) is 2.85. The average molecular weight is 402 g/mol. The van der Waals surface area contributed by atoms with E-state index in [1.54, 1.807) is 19.1 Å². The van der Waals surface area contributed by atoms with Crippen LogP contribution >= 0.6 is 0 Å². The Kier molecular flexibility index (Phi) is 6.50. The molecule has 1 saturated heterocycles. The van der Waals surface area contributed by atoms with E-state index in [1.165, 1.54) is 0 Å². The lowest BCUT2D eigenvalue weighted by Gasteiger charge is -2.28. The zero-order valence-corrected chi connectivity index (χ0v) is 17.0. The Balaban J connectivity index is 1.52. The second-order valence-corrected chi connectivity index (χ2v) is 8.18. The molecule has 5 atom stereocenters. The fraction of sp³-hybridized carbons (Fsp3) is 0.652. The van der Waals surface area contributed by atoms with Gasteiger partial charge in [-0.05, 0) is 63.1 Å². The highest BCUT2D eigenvalue weighted by Crippen LogP contribution is 2.42. The molecule has 0 N–H and O–H groups in total. The summed E-state index contributed by atoms with van der Waals surface area (Å²) in [4.78, 5) is 24.1. The molecule has 0 aromatic heterocycles. The highest BCUT2D eigenvalue weighted by Gasteiger charge is 2.46. The van der Waals surface area contributed by atoms with E-state index in [2.05, 4.69) is 0 Å². The number of aryl methyl sites for hydroxylation is 1. The summed E-state index contributed by atoms with van der Waals surface area (Å²) in [5.41, 5.74) is 1.59. The molecule has 4 rings (SSSR count). The maximum Gasteiger partial charge on any atom is 0.338 e. The normalized spacial score (nSPS) is 31.6. The molecule has 1 saturated carbocycles. The van der Waals surface area contributed by atoms with E-state index in [0.29, 0.717) is 18.6 Å². The molecule has 0 amide bonds. The zero-order chi connectivity index (χ0) is 20.2. The lowest BCUT2D eigenvalue weighted by atomic mass is 9.88. The molecule has 6 nitrogen and oxygen atoms in total. The predicted molar refractivity (Wildman–Crippen MR) is 106 cm³/mol. The Labute approximate surface area is 171 Å². The molecular formula is C23H30O6. The van der Waals surface area contributed by atoms with E-state index >= 15 is 0 Å². The summed E-state index contributed by atoms with van der Waals surface area (Å²) in [6, 6.07) is 5.54. The summed E-state index contributed by atoms with van der Waals surface area (Å²) < 4.78 is 23.4. The largest absolute Gasteiger partial charge is 0.490 e. The molecule has 29 heavy (non-hydrogen) atoms. The van der Waals surface area contributed by atoms with Crippen LogP contribution in [-0.4, -0.2) is 44.0 Å². The minimum absolute atomic E-state index is 0.102. The SMILES string of the molecule is CCOC(=O)c1ccc2c(c1)O[C@H]1C[C@@H](OC3CCCCO3)[C@H](C=O)[C@H]1CCC2. The first-order valence-electron chi connectivity index (χ1n) is 10.9. The second-order valence-electron chi connectivity index (χ2n) is 8.18. The number of carbonyl (C=O) groups excluding carboxylic acids is 2. The number of ether oxygens (including phenoxy) is 4. The molecule has 1 aliphatic carbocycles. The summed E-state index contributed by atoms with van der Waals surface area (Å²) in [5.74, 6) is 0.329. The van der Waals surface area contributed by atoms with Gasteiger partial charge in [0, 0.05) is 24.9 Å². The highest BCUT2D eigenvalue weighted by molar-refractivity contribution is 5.90. The number of rotatable bonds is 5. The minimum atomic E-state index is -0.342. The van der Waals surface area contributed by atoms with Gasteiger partial charge in [0.05, 0.1) is 18.3 Å². The predicted octanol–water partition coefficient (Wildman–Crippen LogP) is 3.69. The van der Waals surface area contributed by atoms with Crippen LogP contribution in [0.5, 0.6) is 5.75 Å². The molecule has 1 aromatic carbocycles. The molecule has 1 unspecified atom stereocenters. The van der Waals surface area contributed by atoms with Gasteiger partial charge in [-0.15, -0.1) is 0 Å². The molecule has 1 aromatic rings. The van der Waals surface area contributed by atoms with Crippen molar-refractivity contribution in [1.29, 1.82) is 0 Å². The Hall–Kier alpha value is -1.92. The van der Waals surface area contributed by atoms with Crippen molar-refractivity contribution in [2.75, 3.05) is 13.2 Å². The fourth-order valence-corrected chi connectivity index (χ4v) is 4.85. The van der Waals surface area contributed by atoms with Gasteiger partial charge in [0.25, 0.3) is 0 Å². The molecule has 2 fully saturated rings. The lowest BCUT2D eigenvalue weighted by Crippen LogP contribution is -2.32. The maximum atomic E-state index is 12.1. The number of esters is 1. The first-order valence-corrected chi connectivity index (χ1v) is 10.9. The smallest absolute Gasteiger partial charge is 0.338 e. The first-order chi connectivity index (χ1) is 14.2. The van der Waals surface area contributed by atoms with Crippen LogP contribution in [0.1, 0.15) is 61.4 Å². The molecule has 2 aliphatic heterocycles. The van der Waals surface area contributed by atoms with Crippen molar-refractivity contribution in [3.63, 3.8) is 0 Å². The van der Waals surface area contributed by atoms with E-state index in [-0.39, 0.29) is 36.3 Å². The number of aldehydes is 1. The zero-order valence-electron chi connectivity index (χ0n) is 17.0. The van der Waals surface area contributed by atoms with Gasteiger partial charge in [-0.2, -0.15) is 0 Å². The van der Waals surface area contributed by atoms with Crippen molar-refractivity contribution in [3.05, 3.63) is 29.3 Å². The molecule has 0 radical (unpaired) electrons. The Bertz CT molecular complexity index is 726. The number of hydrogen-bond donors (Lipinski definition) is 0. The fourth-order valence-electron chi connectivity index (χ4n) is 4.85. The molecule has 6 heteroatoms. The number of fused-ring (bicyclic) bond motifs is 2. The van der Waals surface area contributed by atoms with Gasteiger partial charge in [-0.25, -0.2) is 4.79 Å². The van der Waals surface area contributed by atoms with Crippen molar-refractivity contribution in [3.8, 4) is 5.75 Å². The molecule has 0 bridgehead atoms. The van der Waals surface area contributed by atoms with Crippen LogP contribution in [0, 0.1) is 11.8 Å². The third-order valence-electron chi connectivity index (χ3n) is 6.33. The van der Waals surface area contributed by atoms with Crippen molar-refractivity contribution in [2.45, 2.75) is 70.4 Å². The van der Waals surface area contributed by atoms with Gasteiger partial charge in [0.15, 0.2) is 6.29 Å². The number of benzene rings is 1. The van der Waals surface area contributed by atoms with Crippen LogP contribution in [0.15, 0.2) is 18.2 Å². The van der Waals surface area contributed by atoms with E-state index in [1.807, 2.05) is 6.07 Å².